The third kappa shape index (κ3) is 2.23. The first-order chi connectivity index (χ1) is 8.00. The highest BCUT2D eigenvalue weighted by molar-refractivity contribution is 9.10. The van der Waals surface area contributed by atoms with Crippen LogP contribution in [0.25, 0.3) is 0 Å². The molecule has 1 unspecified atom stereocenters. The van der Waals surface area contributed by atoms with Crippen LogP contribution in [-0.4, -0.2) is 0 Å². The molecule has 17 heavy (non-hydrogen) atoms. The SMILES string of the molecule is NC(c1ccoc1Br)c1c(F)cc(F)cc1F. The number of rotatable bonds is 2. The van der Waals surface area contributed by atoms with Crippen molar-refractivity contribution < 1.29 is 17.6 Å². The molecule has 0 spiro atoms. The Morgan fingerprint density at radius 2 is 1.76 bits per heavy atom. The summed E-state index contributed by atoms with van der Waals surface area (Å²) in [6, 6.07) is 1.60. The summed E-state index contributed by atoms with van der Waals surface area (Å²) in [4.78, 5) is 0. The van der Waals surface area contributed by atoms with Crippen LogP contribution >= 0.6 is 15.9 Å². The smallest absolute Gasteiger partial charge is 0.174 e. The van der Waals surface area contributed by atoms with Gasteiger partial charge in [0.15, 0.2) is 4.67 Å². The zero-order chi connectivity index (χ0) is 12.6. The maximum Gasteiger partial charge on any atom is 0.174 e. The largest absolute Gasteiger partial charge is 0.457 e. The van der Waals surface area contributed by atoms with E-state index in [1.54, 1.807) is 0 Å². The van der Waals surface area contributed by atoms with E-state index in [2.05, 4.69) is 15.9 Å². The van der Waals surface area contributed by atoms with E-state index < -0.39 is 29.1 Å². The van der Waals surface area contributed by atoms with Gasteiger partial charge in [-0.2, -0.15) is 0 Å². The second-order valence-electron chi connectivity index (χ2n) is 3.41. The van der Waals surface area contributed by atoms with E-state index in [4.69, 9.17) is 10.2 Å². The minimum Gasteiger partial charge on any atom is -0.457 e. The van der Waals surface area contributed by atoms with Crippen LogP contribution in [0.1, 0.15) is 17.2 Å². The first-order valence-electron chi connectivity index (χ1n) is 4.63. The first-order valence-corrected chi connectivity index (χ1v) is 5.43. The van der Waals surface area contributed by atoms with Gasteiger partial charge in [0.05, 0.1) is 12.3 Å². The van der Waals surface area contributed by atoms with Crippen molar-refractivity contribution >= 4 is 15.9 Å². The molecule has 6 heteroatoms. The fraction of sp³-hybridized carbons (Fsp3) is 0.0909. The molecular formula is C11H7BrF3NO. The number of nitrogens with two attached hydrogens (primary N) is 1. The molecule has 2 aromatic rings. The average Bonchev–Trinajstić information content (AvgIpc) is 2.62. The third-order valence-electron chi connectivity index (χ3n) is 2.34. The van der Waals surface area contributed by atoms with Gasteiger partial charge < -0.3 is 10.2 Å². The molecule has 2 rings (SSSR count). The van der Waals surface area contributed by atoms with Gasteiger partial charge in [-0.25, -0.2) is 13.2 Å². The molecule has 0 bridgehead atoms. The van der Waals surface area contributed by atoms with Gasteiger partial charge >= 0.3 is 0 Å². The summed E-state index contributed by atoms with van der Waals surface area (Å²) in [5.74, 6) is -3.03. The molecule has 0 saturated carbocycles. The lowest BCUT2D eigenvalue weighted by Crippen LogP contribution is -2.15. The van der Waals surface area contributed by atoms with E-state index in [9.17, 15) is 13.2 Å². The molecular weight excluding hydrogens is 299 g/mol. The van der Waals surface area contributed by atoms with Gasteiger partial charge in [0.1, 0.15) is 17.5 Å². The fourth-order valence-corrected chi connectivity index (χ4v) is 2.02. The highest BCUT2D eigenvalue weighted by atomic mass is 79.9. The lowest BCUT2D eigenvalue weighted by molar-refractivity contribution is 0.508. The summed E-state index contributed by atoms with van der Waals surface area (Å²) < 4.78 is 44.9. The molecule has 90 valence electrons. The van der Waals surface area contributed by atoms with Gasteiger partial charge in [0.25, 0.3) is 0 Å². The van der Waals surface area contributed by atoms with Crippen molar-refractivity contribution in [3.05, 3.63) is 57.7 Å². The Morgan fingerprint density at radius 3 is 2.24 bits per heavy atom. The Morgan fingerprint density at radius 1 is 1.18 bits per heavy atom. The van der Waals surface area contributed by atoms with Gasteiger partial charge in [0.2, 0.25) is 0 Å². The number of halogens is 4. The van der Waals surface area contributed by atoms with Gasteiger partial charge in [-0.3, -0.25) is 0 Å². The van der Waals surface area contributed by atoms with Crippen molar-refractivity contribution in [3.63, 3.8) is 0 Å². The number of hydrogen-bond donors (Lipinski definition) is 1. The van der Waals surface area contributed by atoms with Crippen LogP contribution in [0.15, 0.2) is 33.5 Å². The van der Waals surface area contributed by atoms with E-state index in [-0.39, 0.29) is 4.67 Å². The van der Waals surface area contributed by atoms with E-state index in [1.165, 1.54) is 12.3 Å². The number of benzene rings is 1. The summed E-state index contributed by atoms with van der Waals surface area (Å²) in [7, 11) is 0. The summed E-state index contributed by atoms with van der Waals surface area (Å²) in [6.07, 6.45) is 1.33. The first kappa shape index (κ1) is 12.2. The monoisotopic (exact) mass is 305 g/mol. The van der Waals surface area contributed by atoms with Crippen molar-refractivity contribution in [1.29, 1.82) is 0 Å². The second kappa shape index (κ2) is 4.54. The maximum absolute atomic E-state index is 13.5. The molecule has 2 N–H and O–H groups in total. The predicted molar refractivity (Wildman–Crippen MR) is 58.8 cm³/mol. The topological polar surface area (TPSA) is 39.2 Å². The molecule has 1 heterocycles. The minimum absolute atomic E-state index is 0.285. The molecule has 0 saturated heterocycles. The summed E-state index contributed by atoms with van der Waals surface area (Å²) in [5, 5.41) is 0. The predicted octanol–water partition coefficient (Wildman–Crippen LogP) is 3.51. The lowest BCUT2D eigenvalue weighted by Gasteiger charge is -2.12. The zero-order valence-electron chi connectivity index (χ0n) is 8.38. The van der Waals surface area contributed by atoms with Crippen LogP contribution in [0.5, 0.6) is 0 Å². The second-order valence-corrected chi connectivity index (χ2v) is 4.13. The molecule has 2 nitrogen and oxygen atoms in total. The van der Waals surface area contributed by atoms with Gasteiger partial charge in [0, 0.05) is 23.3 Å². The lowest BCUT2D eigenvalue weighted by atomic mass is 10.0. The van der Waals surface area contributed by atoms with Gasteiger partial charge in [-0.15, -0.1) is 0 Å². The Hall–Kier alpha value is -1.27. The average molecular weight is 306 g/mol. The quantitative estimate of drug-likeness (QED) is 0.922. The summed E-state index contributed by atoms with van der Waals surface area (Å²) in [5.41, 5.74) is 5.71. The molecule has 0 amide bonds. The number of furan rings is 1. The van der Waals surface area contributed by atoms with Gasteiger partial charge in [-0.1, -0.05) is 0 Å². The van der Waals surface area contributed by atoms with E-state index >= 15 is 0 Å². The highest BCUT2D eigenvalue weighted by Gasteiger charge is 2.22. The highest BCUT2D eigenvalue weighted by Crippen LogP contribution is 2.30. The molecule has 1 aromatic heterocycles. The maximum atomic E-state index is 13.5. The van der Waals surface area contributed by atoms with E-state index in [1.807, 2.05) is 0 Å². The van der Waals surface area contributed by atoms with Crippen molar-refractivity contribution in [3.8, 4) is 0 Å². The standard InChI is InChI=1S/C11H7BrF3NO/c12-11-6(1-2-17-11)10(16)9-7(14)3-5(13)4-8(9)15/h1-4,10H,16H2. The zero-order valence-corrected chi connectivity index (χ0v) is 9.97. The Labute approximate surface area is 103 Å². The Bertz CT molecular complexity index is 532. The summed E-state index contributed by atoms with van der Waals surface area (Å²) in [6.45, 7) is 0. The van der Waals surface area contributed by atoms with E-state index in [0.717, 1.165) is 0 Å². The molecule has 0 aliphatic carbocycles. The van der Waals surface area contributed by atoms with Crippen LogP contribution in [-0.2, 0) is 0 Å². The molecule has 0 fully saturated rings. The fourth-order valence-electron chi connectivity index (χ4n) is 1.53. The molecule has 1 aromatic carbocycles. The Kier molecular flexibility index (Phi) is 3.26. The van der Waals surface area contributed by atoms with E-state index in [0.29, 0.717) is 17.7 Å². The Balaban J connectivity index is 2.51. The molecule has 1 atom stereocenters. The summed E-state index contributed by atoms with van der Waals surface area (Å²) >= 11 is 3.06. The third-order valence-corrected chi connectivity index (χ3v) is 2.98. The minimum atomic E-state index is -1.07. The van der Waals surface area contributed by atoms with Crippen LogP contribution < -0.4 is 5.73 Å². The van der Waals surface area contributed by atoms with Crippen molar-refractivity contribution in [2.75, 3.05) is 0 Å². The van der Waals surface area contributed by atoms with Crippen molar-refractivity contribution in [1.82, 2.24) is 0 Å². The number of hydrogen-bond acceptors (Lipinski definition) is 2. The molecule has 0 aliphatic heterocycles. The van der Waals surface area contributed by atoms with Crippen molar-refractivity contribution in [2.45, 2.75) is 6.04 Å². The van der Waals surface area contributed by atoms with Gasteiger partial charge in [-0.05, 0) is 22.0 Å². The molecule has 0 radical (unpaired) electrons. The van der Waals surface area contributed by atoms with Crippen LogP contribution in [0.3, 0.4) is 0 Å². The van der Waals surface area contributed by atoms with Crippen molar-refractivity contribution in [2.24, 2.45) is 5.73 Å². The van der Waals surface area contributed by atoms with Crippen LogP contribution in [0.4, 0.5) is 13.2 Å². The normalized spacial score (nSPS) is 12.8. The molecule has 0 aliphatic rings. The van der Waals surface area contributed by atoms with Crippen LogP contribution in [0.2, 0.25) is 0 Å². The van der Waals surface area contributed by atoms with Crippen LogP contribution in [0, 0.1) is 17.5 Å².